The summed E-state index contributed by atoms with van der Waals surface area (Å²) in [7, 11) is 0. The van der Waals surface area contributed by atoms with Gasteiger partial charge in [0.25, 0.3) is 0 Å². The molecule has 2 aliphatic rings. The van der Waals surface area contributed by atoms with Crippen LogP contribution in [0.3, 0.4) is 0 Å². The third kappa shape index (κ3) is 3.31. The number of carboxylic acid groups (broad SMARTS) is 1. The first kappa shape index (κ1) is 16.6. The van der Waals surface area contributed by atoms with Crippen LogP contribution in [0.15, 0.2) is 36.7 Å². The van der Waals surface area contributed by atoms with Crippen LogP contribution < -0.4 is 0 Å². The zero-order valence-corrected chi connectivity index (χ0v) is 14.8. The van der Waals surface area contributed by atoms with E-state index in [1.54, 1.807) is 0 Å². The van der Waals surface area contributed by atoms with E-state index in [1.807, 2.05) is 41.3 Å². The highest BCUT2D eigenvalue weighted by Gasteiger charge is 2.45. The number of hydrogen-bond donors (Lipinski definition) is 1. The number of hydrogen-bond acceptors (Lipinski definition) is 3. The van der Waals surface area contributed by atoms with Gasteiger partial charge in [-0.3, -0.25) is 9.69 Å². The lowest BCUT2D eigenvalue weighted by Crippen LogP contribution is -2.41. The topological polar surface area (TPSA) is 58.4 Å². The van der Waals surface area contributed by atoms with Crippen molar-refractivity contribution in [2.45, 2.75) is 50.7 Å². The number of nitrogens with zero attached hydrogens (tertiary/aromatic N) is 3. The molecular formula is C19H22ClN3O2. The summed E-state index contributed by atoms with van der Waals surface area (Å²) in [6, 6.07) is 7.55. The van der Waals surface area contributed by atoms with E-state index in [4.69, 9.17) is 11.6 Å². The molecule has 2 heterocycles. The molecule has 1 N–H and O–H groups in total. The monoisotopic (exact) mass is 359 g/mol. The number of benzene rings is 1. The lowest BCUT2D eigenvalue weighted by molar-refractivity contribution is -0.142. The molecular weight excluding hydrogens is 338 g/mol. The Morgan fingerprint density at radius 2 is 2.00 bits per heavy atom. The van der Waals surface area contributed by atoms with Gasteiger partial charge in [0.1, 0.15) is 6.04 Å². The van der Waals surface area contributed by atoms with Crippen LogP contribution in [-0.2, 0) is 11.3 Å². The van der Waals surface area contributed by atoms with Crippen molar-refractivity contribution < 1.29 is 9.90 Å². The quantitative estimate of drug-likeness (QED) is 0.903. The van der Waals surface area contributed by atoms with Crippen molar-refractivity contribution in [1.29, 1.82) is 0 Å². The maximum absolute atomic E-state index is 11.7. The highest BCUT2D eigenvalue weighted by molar-refractivity contribution is 6.30. The first-order valence-corrected chi connectivity index (χ1v) is 9.27. The molecule has 0 radical (unpaired) electrons. The Kier molecular flexibility index (Phi) is 4.52. The van der Waals surface area contributed by atoms with Gasteiger partial charge in [0, 0.05) is 29.4 Å². The van der Waals surface area contributed by atoms with Gasteiger partial charge in [-0.15, -0.1) is 0 Å². The lowest BCUT2D eigenvalue weighted by atomic mass is 9.85. The molecule has 4 rings (SSSR count). The second kappa shape index (κ2) is 6.81. The van der Waals surface area contributed by atoms with Crippen molar-refractivity contribution >= 4 is 17.6 Å². The molecule has 0 bridgehead atoms. The van der Waals surface area contributed by atoms with E-state index in [0.29, 0.717) is 23.5 Å². The SMILES string of the molecule is O=C(O)C1CC2CCCCC2N1Cc1cnn(-c2ccc(Cl)cc2)c1. The molecule has 1 aromatic carbocycles. The third-order valence-corrected chi connectivity index (χ3v) is 5.85. The fourth-order valence-electron chi connectivity index (χ4n) is 4.41. The van der Waals surface area contributed by atoms with Crippen LogP contribution in [0.5, 0.6) is 0 Å². The van der Waals surface area contributed by atoms with Crippen LogP contribution in [0.2, 0.25) is 5.02 Å². The van der Waals surface area contributed by atoms with E-state index < -0.39 is 5.97 Å². The Labute approximate surface area is 152 Å². The van der Waals surface area contributed by atoms with Gasteiger partial charge in [-0.25, -0.2) is 4.68 Å². The Hall–Kier alpha value is -1.85. The molecule has 2 aromatic rings. The summed E-state index contributed by atoms with van der Waals surface area (Å²) in [5, 5.41) is 14.8. The van der Waals surface area contributed by atoms with Crippen molar-refractivity contribution in [1.82, 2.24) is 14.7 Å². The van der Waals surface area contributed by atoms with Crippen LogP contribution in [-0.4, -0.2) is 37.8 Å². The number of likely N-dealkylation sites (tertiary alicyclic amines) is 1. The molecule has 1 aliphatic heterocycles. The van der Waals surface area contributed by atoms with E-state index in [1.165, 1.54) is 12.8 Å². The first-order valence-electron chi connectivity index (χ1n) is 8.90. The molecule has 1 aromatic heterocycles. The molecule has 3 atom stereocenters. The van der Waals surface area contributed by atoms with E-state index in [-0.39, 0.29) is 6.04 Å². The molecule has 0 amide bonds. The molecule has 132 valence electrons. The molecule has 1 aliphatic carbocycles. The van der Waals surface area contributed by atoms with Crippen LogP contribution in [0.25, 0.3) is 5.69 Å². The Morgan fingerprint density at radius 3 is 2.76 bits per heavy atom. The summed E-state index contributed by atoms with van der Waals surface area (Å²) in [6.45, 7) is 0.645. The summed E-state index contributed by atoms with van der Waals surface area (Å²) in [6.07, 6.45) is 9.31. The Bertz CT molecular complexity index is 758. The molecule has 6 heteroatoms. The van der Waals surface area contributed by atoms with Crippen molar-refractivity contribution in [3.8, 4) is 5.69 Å². The molecule has 0 spiro atoms. The number of rotatable bonds is 4. The summed E-state index contributed by atoms with van der Waals surface area (Å²) in [4.78, 5) is 13.9. The number of aliphatic carboxylic acids is 1. The maximum atomic E-state index is 11.7. The van der Waals surface area contributed by atoms with Gasteiger partial charge in [-0.05, 0) is 49.4 Å². The third-order valence-electron chi connectivity index (χ3n) is 5.60. The minimum atomic E-state index is -0.695. The van der Waals surface area contributed by atoms with Crippen molar-refractivity contribution in [2.24, 2.45) is 5.92 Å². The smallest absolute Gasteiger partial charge is 0.320 e. The highest BCUT2D eigenvalue weighted by Crippen LogP contribution is 2.40. The molecule has 1 saturated carbocycles. The van der Waals surface area contributed by atoms with Gasteiger partial charge < -0.3 is 5.11 Å². The van der Waals surface area contributed by atoms with Gasteiger partial charge in [-0.1, -0.05) is 24.4 Å². The van der Waals surface area contributed by atoms with Crippen molar-refractivity contribution in [2.75, 3.05) is 0 Å². The van der Waals surface area contributed by atoms with E-state index in [9.17, 15) is 9.90 Å². The second-order valence-corrected chi connectivity index (χ2v) is 7.58. The molecule has 1 saturated heterocycles. The average Bonchev–Trinajstić information content (AvgIpc) is 3.21. The number of fused-ring (bicyclic) bond motifs is 1. The minimum Gasteiger partial charge on any atom is -0.480 e. The first-order chi connectivity index (χ1) is 12.1. The summed E-state index contributed by atoms with van der Waals surface area (Å²) < 4.78 is 1.82. The molecule has 2 fully saturated rings. The van der Waals surface area contributed by atoms with E-state index in [2.05, 4.69) is 10.00 Å². The number of aromatic nitrogens is 2. The Morgan fingerprint density at radius 1 is 1.24 bits per heavy atom. The van der Waals surface area contributed by atoms with Gasteiger partial charge in [-0.2, -0.15) is 5.10 Å². The second-order valence-electron chi connectivity index (χ2n) is 7.14. The van der Waals surface area contributed by atoms with Crippen molar-refractivity contribution in [3.05, 3.63) is 47.2 Å². The van der Waals surface area contributed by atoms with Crippen LogP contribution in [0.4, 0.5) is 0 Å². The standard InChI is InChI=1S/C19H22ClN3O2/c20-15-5-7-16(8-6-15)23-12-13(10-21-23)11-22-17-4-2-1-3-14(17)9-18(22)19(24)25/h5-8,10,12,14,17-18H,1-4,9,11H2,(H,24,25). The van der Waals surface area contributed by atoms with E-state index >= 15 is 0 Å². The largest absolute Gasteiger partial charge is 0.480 e. The minimum absolute atomic E-state index is 0.369. The van der Waals surface area contributed by atoms with Crippen LogP contribution >= 0.6 is 11.6 Å². The predicted octanol–water partition coefficient (Wildman–Crippen LogP) is 3.74. The lowest BCUT2D eigenvalue weighted by Gasteiger charge is -2.32. The zero-order valence-electron chi connectivity index (χ0n) is 14.0. The normalized spacial score (nSPS) is 26.5. The molecule has 25 heavy (non-hydrogen) atoms. The molecule has 5 nitrogen and oxygen atoms in total. The van der Waals surface area contributed by atoms with Gasteiger partial charge in [0.05, 0.1) is 11.9 Å². The predicted molar refractivity (Wildman–Crippen MR) is 95.9 cm³/mol. The van der Waals surface area contributed by atoms with Crippen LogP contribution in [0.1, 0.15) is 37.7 Å². The average molecular weight is 360 g/mol. The fraction of sp³-hybridized carbons (Fsp3) is 0.474. The molecule has 3 unspecified atom stereocenters. The summed E-state index contributed by atoms with van der Waals surface area (Å²) in [5.41, 5.74) is 2.00. The van der Waals surface area contributed by atoms with Gasteiger partial charge >= 0.3 is 5.97 Å². The zero-order chi connectivity index (χ0) is 17.4. The fourth-order valence-corrected chi connectivity index (χ4v) is 4.54. The number of carbonyl (C=O) groups is 1. The number of halogens is 1. The van der Waals surface area contributed by atoms with Crippen molar-refractivity contribution in [3.63, 3.8) is 0 Å². The Balaban J connectivity index is 1.54. The van der Waals surface area contributed by atoms with Crippen LogP contribution in [0, 0.1) is 5.92 Å². The van der Waals surface area contributed by atoms with E-state index in [0.717, 1.165) is 30.5 Å². The number of carboxylic acids is 1. The highest BCUT2D eigenvalue weighted by atomic mass is 35.5. The maximum Gasteiger partial charge on any atom is 0.320 e. The summed E-state index contributed by atoms with van der Waals surface area (Å²) in [5.74, 6) is -0.166. The van der Waals surface area contributed by atoms with Gasteiger partial charge in [0.15, 0.2) is 0 Å². The summed E-state index contributed by atoms with van der Waals surface area (Å²) >= 11 is 5.94. The van der Waals surface area contributed by atoms with Gasteiger partial charge in [0.2, 0.25) is 0 Å².